The average molecular weight is 426 g/mol. The Morgan fingerprint density at radius 2 is 1.69 bits per heavy atom. The Morgan fingerprint density at radius 3 is 2.31 bits per heavy atom. The third kappa shape index (κ3) is 4.02. The van der Waals surface area contributed by atoms with Crippen molar-refractivity contribution in [1.29, 1.82) is 0 Å². The van der Waals surface area contributed by atoms with E-state index in [0.717, 1.165) is 4.88 Å². The minimum Gasteiger partial charge on any atom is -0.545 e. The molecule has 0 radical (unpaired) electrons. The van der Waals surface area contributed by atoms with E-state index in [-0.39, 0.29) is 21.8 Å². The van der Waals surface area contributed by atoms with Crippen molar-refractivity contribution in [1.82, 2.24) is 0 Å². The maximum Gasteiger partial charge on any atom is 0.257 e. The van der Waals surface area contributed by atoms with E-state index in [1.54, 1.807) is 18.2 Å². The minimum absolute atomic E-state index is 0.104. The molecule has 0 saturated carbocycles. The molecule has 2 aromatic carbocycles. The molecule has 3 rings (SSSR count). The van der Waals surface area contributed by atoms with Gasteiger partial charge in [0.1, 0.15) is 0 Å². The topological polar surface area (TPSA) is 69.2 Å². The number of carbonyl (C=O) groups is 2. The fraction of sp³-hybridized carbons (Fsp3) is 0. The number of rotatable bonds is 4. The van der Waals surface area contributed by atoms with Crippen LogP contribution >= 0.6 is 46.1 Å². The van der Waals surface area contributed by atoms with Gasteiger partial charge < -0.3 is 15.2 Å². The van der Waals surface area contributed by atoms with Crippen LogP contribution in [-0.4, -0.2) is 11.9 Å². The smallest absolute Gasteiger partial charge is 0.257 e. The maximum absolute atomic E-state index is 12.4. The molecule has 1 N–H and O–H groups in total. The zero-order valence-corrected chi connectivity index (χ0v) is 16.0. The second-order valence-electron chi connectivity index (χ2n) is 5.23. The summed E-state index contributed by atoms with van der Waals surface area (Å²) in [6.45, 7) is 0. The third-order valence-corrected chi connectivity index (χ3v) is 5.35. The predicted octanol–water partition coefficient (Wildman–Crippen LogP) is 4.99. The zero-order chi connectivity index (χ0) is 18.8. The first-order valence-electron chi connectivity index (χ1n) is 7.22. The summed E-state index contributed by atoms with van der Waals surface area (Å²) in [4.78, 5) is 24.7. The summed E-state index contributed by atoms with van der Waals surface area (Å²) >= 11 is 19.1. The Bertz CT molecular complexity index is 1020. The van der Waals surface area contributed by atoms with Gasteiger partial charge in [0.15, 0.2) is 0 Å². The average Bonchev–Trinajstić information content (AvgIpc) is 3.01. The molecule has 4 nitrogen and oxygen atoms in total. The van der Waals surface area contributed by atoms with Gasteiger partial charge in [0.25, 0.3) is 5.91 Å². The number of aromatic carboxylic acids is 1. The van der Waals surface area contributed by atoms with Crippen LogP contribution in [0.2, 0.25) is 14.4 Å². The van der Waals surface area contributed by atoms with Crippen molar-refractivity contribution >= 4 is 63.7 Å². The van der Waals surface area contributed by atoms with E-state index in [9.17, 15) is 14.7 Å². The lowest BCUT2D eigenvalue weighted by atomic mass is 10.1. The van der Waals surface area contributed by atoms with E-state index < -0.39 is 11.9 Å². The van der Waals surface area contributed by atoms with Gasteiger partial charge in [0.2, 0.25) is 0 Å². The second kappa shape index (κ2) is 7.68. The van der Waals surface area contributed by atoms with Gasteiger partial charge in [-0.2, -0.15) is 0 Å². The van der Waals surface area contributed by atoms with Crippen LogP contribution in [0.5, 0.6) is 0 Å². The number of amides is 1. The van der Waals surface area contributed by atoms with Gasteiger partial charge in [-0.25, -0.2) is 0 Å². The number of benzene rings is 2. The highest BCUT2D eigenvalue weighted by Gasteiger charge is 2.14. The third-order valence-electron chi connectivity index (χ3n) is 3.52. The summed E-state index contributed by atoms with van der Waals surface area (Å²) in [6, 6.07) is 12.5. The molecule has 8 heteroatoms. The molecule has 3 aromatic rings. The molecule has 1 heterocycles. The quantitative estimate of drug-likeness (QED) is 0.640. The van der Waals surface area contributed by atoms with E-state index in [2.05, 4.69) is 5.32 Å². The molecule has 0 saturated heterocycles. The second-order valence-corrected chi connectivity index (χ2v) is 7.79. The number of carboxylic acid groups (broad SMARTS) is 1. The Balaban J connectivity index is 1.94. The van der Waals surface area contributed by atoms with Crippen LogP contribution in [0.25, 0.3) is 10.4 Å². The molecule has 26 heavy (non-hydrogen) atoms. The predicted molar refractivity (Wildman–Crippen MR) is 104 cm³/mol. The van der Waals surface area contributed by atoms with Gasteiger partial charge in [-0.15, -0.1) is 11.3 Å². The van der Waals surface area contributed by atoms with Crippen LogP contribution in [0.1, 0.15) is 20.7 Å². The summed E-state index contributed by atoms with van der Waals surface area (Å²) < 4.78 is 0.588. The van der Waals surface area contributed by atoms with Crippen molar-refractivity contribution in [3.63, 3.8) is 0 Å². The van der Waals surface area contributed by atoms with Crippen LogP contribution in [0.3, 0.4) is 0 Å². The standard InChI is InChI=1S/C18H10Cl3NO3S/c19-10-2-3-11(13(20)8-10)17(23)22-14-4-1-9(7-12(14)18(24)25)15-5-6-16(21)26-15/h1-8H,(H,22,23)(H,24,25)/p-1. The Morgan fingerprint density at radius 1 is 0.923 bits per heavy atom. The molecule has 1 amide bonds. The molecule has 0 aliphatic heterocycles. The van der Waals surface area contributed by atoms with E-state index in [1.807, 2.05) is 0 Å². The highest BCUT2D eigenvalue weighted by atomic mass is 35.5. The SMILES string of the molecule is O=C(Nc1ccc(-c2ccc(Cl)s2)cc1C(=O)[O-])c1ccc(Cl)cc1Cl. The molecule has 132 valence electrons. The number of thiophene rings is 1. The number of carbonyl (C=O) groups excluding carboxylic acids is 2. The fourth-order valence-corrected chi connectivity index (χ4v) is 3.84. The summed E-state index contributed by atoms with van der Waals surface area (Å²) in [5.74, 6) is -1.96. The molecule has 1 aromatic heterocycles. The molecular formula is C18H9Cl3NO3S-. The highest BCUT2D eigenvalue weighted by molar-refractivity contribution is 7.19. The lowest BCUT2D eigenvalue weighted by Crippen LogP contribution is -2.25. The van der Waals surface area contributed by atoms with E-state index in [1.165, 1.54) is 41.7 Å². The molecule has 0 atom stereocenters. The monoisotopic (exact) mass is 424 g/mol. The lowest BCUT2D eigenvalue weighted by molar-refractivity contribution is -0.254. The lowest BCUT2D eigenvalue weighted by Gasteiger charge is -2.14. The maximum atomic E-state index is 12.4. The van der Waals surface area contributed by atoms with Crippen LogP contribution < -0.4 is 10.4 Å². The number of anilines is 1. The Kier molecular flexibility index (Phi) is 5.53. The van der Waals surface area contributed by atoms with Gasteiger partial charge in [-0.3, -0.25) is 4.79 Å². The van der Waals surface area contributed by atoms with Crippen LogP contribution in [0.4, 0.5) is 5.69 Å². The first-order valence-corrected chi connectivity index (χ1v) is 9.17. The summed E-state index contributed by atoms with van der Waals surface area (Å²) in [7, 11) is 0. The van der Waals surface area contributed by atoms with Gasteiger partial charge in [0, 0.05) is 15.5 Å². The summed E-state index contributed by atoms with van der Waals surface area (Å²) in [5.41, 5.74) is 0.788. The number of halogens is 3. The number of hydrogen-bond acceptors (Lipinski definition) is 4. The van der Waals surface area contributed by atoms with E-state index >= 15 is 0 Å². The normalized spacial score (nSPS) is 10.6. The number of hydrogen-bond donors (Lipinski definition) is 1. The van der Waals surface area contributed by atoms with Crippen LogP contribution in [-0.2, 0) is 0 Å². The Labute approximate surface area is 167 Å². The number of carboxylic acids is 1. The van der Waals surface area contributed by atoms with Gasteiger partial charge in [-0.1, -0.05) is 40.9 Å². The molecule has 0 aliphatic carbocycles. The Hall–Kier alpha value is -2.05. The zero-order valence-electron chi connectivity index (χ0n) is 12.9. The number of nitrogens with one attached hydrogen (secondary N) is 1. The highest BCUT2D eigenvalue weighted by Crippen LogP contribution is 2.33. The van der Waals surface area contributed by atoms with Crippen molar-refractivity contribution in [2.24, 2.45) is 0 Å². The molecule has 0 bridgehead atoms. The molecular weight excluding hydrogens is 417 g/mol. The van der Waals surface area contributed by atoms with Crippen molar-refractivity contribution in [3.8, 4) is 10.4 Å². The van der Waals surface area contributed by atoms with Gasteiger partial charge >= 0.3 is 0 Å². The summed E-state index contributed by atoms with van der Waals surface area (Å²) in [5, 5.41) is 14.6. The largest absolute Gasteiger partial charge is 0.545 e. The molecule has 0 spiro atoms. The molecule has 0 fully saturated rings. The molecule has 0 unspecified atom stereocenters. The van der Waals surface area contributed by atoms with Gasteiger partial charge in [-0.05, 0) is 48.0 Å². The van der Waals surface area contributed by atoms with E-state index in [0.29, 0.717) is 14.9 Å². The van der Waals surface area contributed by atoms with Crippen molar-refractivity contribution in [2.45, 2.75) is 0 Å². The van der Waals surface area contributed by atoms with Crippen LogP contribution in [0.15, 0.2) is 48.5 Å². The molecule has 0 aliphatic rings. The first-order chi connectivity index (χ1) is 12.3. The fourth-order valence-electron chi connectivity index (χ4n) is 2.31. The minimum atomic E-state index is -1.41. The van der Waals surface area contributed by atoms with Crippen molar-refractivity contribution in [3.05, 3.63) is 74.0 Å². The van der Waals surface area contributed by atoms with E-state index in [4.69, 9.17) is 34.8 Å². The van der Waals surface area contributed by atoms with Crippen LogP contribution in [0, 0.1) is 0 Å². The van der Waals surface area contributed by atoms with Crippen molar-refractivity contribution < 1.29 is 14.7 Å². The first kappa shape index (κ1) is 18.7. The van der Waals surface area contributed by atoms with Gasteiger partial charge in [0.05, 0.1) is 26.6 Å². The van der Waals surface area contributed by atoms with Crippen molar-refractivity contribution in [2.75, 3.05) is 5.32 Å². The summed E-state index contributed by atoms with van der Waals surface area (Å²) in [6.07, 6.45) is 0.